The lowest BCUT2D eigenvalue weighted by Crippen LogP contribution is -2.54. The number of rotatable bonds is 3. The van der Waals surface area contributed by atoms with Gasteiger partial charge in [0.05, 0.1) is 13.2 Å². The molecule has 0 radical (unpaired) electrons. The molecule has 0 bridgehead atoms. The van der Waals surface area contributed by atoms with E-state index in [1.807, 2.05) is 24.3 Å². The monoisotopic (exact) mass is 303 g/mol. The molecule has 2 aromatic rings. The first-order valence-electron chi connectivity index (χ1n) is 7.01. The number of carboxylic acids is 1. The Morgan fingerprint density at radius 2 is 2.14 bits per heavy atom. The number of fused-ring (bicyclic) bond motifs is 3. The summed E-state index contributed by atoms with van der Waals surface area (Å²) in [7, 11) is 0. The van der Waals surface area contributed by atoms with Crippen molar-refractivity contribution >= 4 is 22.8 Å². The number of nitrogens with zero attached hydrogens (tertiary/aromatic N) is 1. The maximum absolute atomic E-state index is 12.2. The van der Waals surface area contributed by atoms with Crippen LogP contribution in [0.3, 0.4) is 0 Å². The van der Waals surface area contributed by atoms with Gasteiger partial charge in [0.15, 0.2) is 0 Å². The van der Waals surface area contributed by atoms with E-state index < -0.39 is 30.6 Å². The van der Waals surface area contributed by atoms with Gasteiger partial charge in [-0.3, -0.25) is 4.79 Å². The highest BCUT2D eigenvalue weighted by Crippen LogP contribution is 2.30. The Kier molecular flexibility index (Phi) is 3.59. The van der Waals surface area contributed by atoms with E-state index in [0.717, 1.165) is 22.2 Å². The second kappa shape index (κ2) is 5.43. The fourth-order valence-corrected chi connectivity index (χ4v) is 2.95. The molecule has 2 heterocycles. The normalized spacial score (nSPS) is 19.0. The fraction of sp³-hybridized carbons (Fsp3) is 0.333. The third kappa shape index (κ3) is 2.24. The van der Waals surface area contributed by atoms with E-state index in [2.05, 4.69) is 4.98 Å². The largest absolute Gasteiger partial charge is 0.480 e. The van der Waals surface area contributed by atoms with Crippen molar-refractivity contribution in [2.24, 2.45) is 5.73 Å². The van der Waals surface area contributed by atoms with Crippen LogP contribution in [0.5, 0.6) is 0 Å². The first-order chi connectivity index (χ1) is 10.5. The van der Waals surface area contributed by atoms with Crippen molar-refractivity contribution in [3.8, 4) is 0 Å². The van der Waals surface area contributed by atoms with Crippen LogP contribution in [0.25, 0.3) is 10.9 Å². The number of aromatic nitrogens is 1. The number of nitrogens with two attached hydrogens (primary N) is 1. The molecule has 0 aliphatic carbocycles. The zero-order valence-corrected chi connectivity index (χ0v) is 11.8. The topological polar surface area (TPSA) is 120 Å². The Morgan fingerprint density at radius 1 is 1.41 bits per heavy atom. The van der Waals surface area contributed by atoms with Gasteiger partial charge < -0.3 is 25.8 Å². The summed E-state index contributed by atoms with van der Waals surface area (Å²) in [5.41, 5.74) is 8.21. The van der Waals surface area contributed by atoms with E-state index in [9.17, 15) is 14.7 Å². The van der Waals surface area contributed by atoms with Gasteiger partial charge in [-0.15, -0.1) is 0 Å². The number of aromatic amines is 1. The quantitative estimate of drug-likeness (QED) is 0.627. The Morgan fingerprint density at radius 3 is 2.82 bits per heavy atom. The van der Waals surface area contributed by atoms with E-state index in [1.165, 1.54) is 4.90 Å². The van der Waals surface area contributed by atoms with Crippen LogP contribution in [-0.2, 0) is 22.6 Å². The molecule has 0 saturated heterocycles. The summed E-state index contributed by atoms with van der Waals surface area (Å²) in [4.78, 5) is 28.2. The van der Waals surface area contributed by atoms with E-state index in [-0.39, 0.29) is 13.0 Å². The number of aliphatic hydroxyl groups is 1. The molecule has 22 heavy (non-hydrogen) atoms. The molecule has 7 nitrogen and oxygen atoms in total. The smallest absolute Gasteiger partial charge is 0.326 e. The molecule has 1 aliphatic heterocycles. The minimum atomic E-state index is -1.10. The van der Waals surface area contributed by atoms with Gasteiger partial charge in [0, 0.05) is 23.0 Å². The third-order valence-corrected chi connectivity index (χ3v) is 4.09. The van der Waals surface area contributed by atoms with Gasteiger partial charge >= 0.3 is 5.97 Å². The first-order valence-corrected chi connectivity index (χ1v) is 7.01. The van der Waals surface area contributed by atoms with Crippen molar-refractivity contribution < 1.29 is 19.8 Å². The second-order valence-corrected chi connectivity index (χ2v) is 5.44. The summed E-state index contributed by atoms with van der Waals surface area (Å²) in [5, 5.41) is 19.5. The molecule has 0 unspecified atom stereocenters. The first kappa shape index (κ1) is 14.6. The number of hydrogen-bond donors (Lipinski definition) is 4. The lowest BCUT2D eigenvalue weighted by Gasteiger charge is -2.34. The number of carbonyl (C=O) groups excluding carboxylic acids is 1. The van der Waals surface area contributed by atoms with E-state index in [0.29, 0.717) is 0 Å². The average Bonchev–Trinajstić information content (AvgIpc) is 2.89. The maximum atomic E-state index is 12.2. The molecule has 0 saturated carbocycles. The number of aliphatic hydroxyl groups excluding tert-OH is 1. The van der Waals surface area contributed by atoms with Gasteiger partial charge in [-0.1, -0.05) is 18.2 Å². The lowest BCUT2D eigenvalue weighted by atomic mass is 9.96. The highest BCUT2D eigenvalue weighted by molar-refractivity contribution is 5.90. The predicted molar refractivity (Wildman–Crippen MR) is 79.0 cm³/mol. The number of nitrogens with one attached hydrogen (secondary N) is 1. The molecule has 1 aromatic carbocycles. The number of carbonyl (C=O) groups is 2. The Bertz CT molecular complexity index is 739. The maximum Gasteiger partial charge on any atom is 0.326 e. The third-order valence-electron chi connectivity index (χ3n) is 4.09. The molecular formula is C15H17N3O4. The summed E-state index contributed by atoms with van der Waals surface area (Å²) in [5.74, 6) is -1.63. The zero-order chi connectivity index (χ0) is 15.9. The molecule has 1 aromatic heterocycles. The fourth-order valence-electron chi connectivity index (χ4n) is 2.95. The van der Waals surface area contributed by atoms with Crippen LogP contribution < -0.4 is 5.73 Å². The van der Waals surface area contributed by atoms with Gasteiger partial charge in [-0.05, 0) is 11.6 Å². The van der Waals surface area contributed by atoms with Crippen LogP contribution in [0.15, 0.2) is 24.3 Å². The van der Waals surface area contributed by atoms with Crippen LogP contribution in [0.4, 0.5) is 0 Å². The summed E-state index contributed by atoms with van der Waals surface area (Å²) >= 11 is 0. The van der Waals surface area contributed by atoms with Crippen molar-refractivity contribution in [3.05, 3.63) is 35.5 Å². The molecule has 1 amide bonds. The Hall–Kier alpha value is -2.38. The van der Waals surface area contributed by atoms with Gasteiger partial charge in [0.25, 0.3) is 0 Å². The molecule has 7 heteroatoms. The highest BCUT2D eigenvalue weighted by Gasteiger charge is 2.37. The number of aliphatic carboxylic acids is 1. The molecule has 0 spiro atoms. The Balaban J connectivity index is 2.03. The average molecular weight is 303 g/mol. The summed E-state index contributed by atoms with van der Waals surface area (Å²) in [6.45, 7) is -0.366. The van der Waals surface area contributed by atoms with Crippen molar-refractivity contribution in [2.45, 2.75) is 25.0 Å². The van der Waals surface area contributed by atoms with Crippen LogP contribution >= 0.6 is 0 Å². The van der Waals surface area contributed by atoms with Crippen LogP contribution in [-0.4, -0.2) is 50.7 Å². The Labute approximate surface area is 126 Å². The van der Waals surface area contributed by atoms with Crippen molar-refractivity contribution in [1.29, 1.82) is 0 Å². The van der Waals surface area contributed by atoms with Gasteiger partial charge in [0.2, 0.25) is 5.91 Å². The minimum absolute atomic E-state index is 0.146. The highest BCUT2D eigenvalue weighted by atomic mass is 16.4. The zero-order valence-electron chi connectivity index (χ0n) is 11.8. The SMILES string of the molecule is N[C@@H](CO)C(=O)N1Cc2[nH]c3ccccc3c2C[C@H]1C(=O)O. The molecule has 3 rings (SSSR count). The molecular weight excluding hydrogens is 286 g/mol. The van der Waals surface area contributed by atoms with E-state index >= 15 is 0 Å². The second-order valence-electron chi connectivity index (χ2n) is 5.44. The van der Waals surface area contributed by atoms with Gasteiger partial charge in [-0.25, -0.2) is 4.79 Å². The molecule has 2 atom stereocenters. The minimum Gasteiger partial charge on any atom is -0.480 e. The number of H-pyrrole nitrogens is 1. The molecule has 0 fully saturated rings. The van der Waals surface area contributed by atoms with E-state index in [4.69, 9.17) is 10.8 Å². The summed E-state index contributed by atoms with van der Waals surface area (Å²) in [6.07, 6.45) is 0.221. The summed E-state index contributed by atoms with van der Waals surface area (Å²) < 4.78 is 0. The molecule has 5 N–H and O–H groups in total. The standard InChI is InChI=1S/C15H17N3O4/c16-10(7-19)14(20)18-6-12-9(5-13(18)15(21)22)8-3-1-2-4-11(8)17-12/h1-4,10,13,17,19H,5-7,16H2,(H,21,22)/t10-,13-/m0/s1. The predicted octanol–water partition coefficient (Wildman–Crippen LogP) is -0.175. The van der Waals surface area contributed by atoms with Crippen LogP contribution in [0.2, 0.25) is 0 Å². The van der Waals surface area contributed by atoms with Crippen LogP contribution in [0.1, 0.15) is 11.3 Å². The lowest BCUT2D eigenvalue weighted by molar-refractivity contribution is -0.152. The van der Waals surface area contributed by atoms with Gasteiger partial charge in [0.1, 0.15) is 12.1 Å². The van der Waals surface area contributed by atoms with Crippen molar-refractivity contribution in [1.82, 2.24) is 9.88 Å². The number of carboxylic acid groups (broad SMARTS) is 1. The number of benzene rings is 1. The number of hydrogen-bond acceptors (Lipinski definition) is 4. The number of para-hydroxylation sites is 1. The van der Waals surface area contributed by atoms with Crippen LogP contribution in [0, 0.1) is 0 Å². The number of amides is 1. The molecule has 1 aliphatic rings. The van der Waals surface area contributed by atoms with Crippen molar-refractivity contribution in [2.75, 3.05) is 6.61 Å². The van der Waals surface area contributed by atoms with Crippen molar-refractivity contribution in [3.63, 3.8) is 0 Å². The molecule has 116 valence electrons. The van der Waals surface area contributed by atoms with E-state index in [1.54, 1.807) is 0 Å². The summed E-state index contributed by atoms with van der Waals surface area (Å²) in [6, 6.07) is 5.55. The van der Waals surface area contributed by atoms with Gasteiger partial charge in [-0.2, -0.15) is 0 Å².